The third kappa shape index (κ3) is 2.51. The molecular weight excluding hydrogens is 282 g/mol. The number of Topliss-reactive ketones (excluding diaryl/α,β-unsaturated/α-hetero) is 1. The average Bonchev–Trinajstić information content (AvgIpc) is 2.83. The van der Waals surface area contributed by atoms with Crippen LogP contribution in [0.15, 0.2) is 30.3 Å². The monoisotopic (exact) mass is 301 g/mol. The highest BCUT2D eigenvalue weighted by molar-refractivity contribution is 6.07. The second-order valence-electron chi connectivity index (χ2n) is 5.93. The van der Waals surface area contributed by atoms with Gasteiger partial charge in [-0.15, -0.1) is 0 Å². The molecule has 1 aromatic carbocycles. The molecule has 0 spiro atoms. The van der Waals surface area contributed by atoms with Crippen LogP contribution in [0.2, 0.25) is 0 Å². The minimum Gasteiger partial charge on any atom is -0.439 e. The second-order valence-corrected chi connectivity index (χ2v) is 5.93. The van der Waals surface area contributed by atoms with Crippen molar-refractivity contribution in [1.29, 1.82) is 0 Å². The Labute approximate surface area is 129 Å². The minimum atomic E-state index is -0.682. The fourth-order valence-electron chi connectivity index (χ4n) is 3.26. The van der Waals surface area contributed by atoms with Gasteiger partial charge in [-0.3, -0.25) is 9.59 Å². The van der Waals surface area contributed by atoms with Crippen molar-refractivity contribution < 1.29 is 19.1 Å². The normalized spacial score (nSPS) is 28.6. The second kappa shape index (κ2) is 5.91. The van der Waals surface area contributed by atoms with Crippen molar-refractivity contribution >= 4 is 17.8 Å². The molecule has 0 N–H and O–H groups in total. The molecule has 1 aliphatic carbocycles. The molecule has 2 fully saturated rings. The molecule has 0 radical (unpaired) electrons. The van der Waals surface area contributed by atoms with Gasteiger partial charge in [0.25, 0.3) is 0 Å². The molecule has 1 saturated heterocycles. The van der Waals surface area contributed by atoms with E-state index in [1.165, 1.54) is 0 Å². The number of carbonyl (C=O) groups is 3. The lowest BCUT2D eigenvalue weighted by atomic mass is 9.86. The molecule has 116 valence electrons. The lowest BCUT2D eigenvalue weighted by molar-refractivity contribution is -0.141. The van der Waals surface area contributed by atoms with Gasteiger partial charge >= 0.3 is 6.09 Å². The lowest BCUT2D eigenvalue weighted by Gasteiger charge is -2.25. The topological polar surface area (TPSA) is 63.7 Å². The summed E-state index contributed by atoms with van der Waals surface area (Å²) in [5, 5.41) is 0. The molecule has 1 aliphatic heterocycles. The molecule has 1 heterocycles. The van der Waals surface area contributed by atoms with Crippen LogP contribution < -0.4 is 0 Å². The Morgan fingerprint density at radius 3 is 2.59 bits per heavy atom. The number of carbonyl (C=O) groups excluding carboxylic acids is 3. The van der Waals surface area contributed by atoms with Crippen LogP contribution in [0.1, 0.15) is 44.3 Å². The van der Waals surface area contributed by atoms with Crippen molar-refractivity contribution in [2.45, 2.75) is 44.8 Å². The van der Waals surface area contributed by atoms with Gasteiger partial charge in [-0.1, -0.05) is 36.8 Å². The molecule has 0 bridgehead atoms. The van der Waals surface area contributed by atoms with Crippen molar-refractivity contribution in [1.82, 2.24) is 4.90 Å². The summed E-state index contributed by atoms with van der Waals surface area (Å²) in [5.41, 5.74) is 0.855. The quantitative estimate of drug-likeness (QED) is 0.788. The minimum absolute atomic E-state index is 0.0561. The standard InChI is InChI=1S/C17H19NO4/c1-11-15(12-7-3-2-4-8-12)22-17(21)18(11)16(20)13-9-5-6-10-14(13)19/h2-4,7-8,11,13,15H,5-6,9-10H2,1H3/t11-,13?,15-/m1/s1. The largest absolute Gasteiger partial charge is 0.439 e. The van der Waals surface area contributed by atoms with Crippen LogP contribution in [-0.2, 0) is 14.3 Å². The van der Waals surface area contributed by atoms with Crippen molar-refractivity contribution in [2.75, 3.05) is 0 Å². The summed E-state index contributed by atoms with van der Waals surface area (Å²) in [7, 11) is 0. The first-order chi connectivity index (χ1) is 10.6. The Morgan fingerprint density at radius 1 is 1.18 bits per heavy atom. The van der Waals surface area contributed by atoms with E-state index >= 15 is 0 Å². The Morgan fingerprint density at radius 2 is 1.91 bits per heavy atom. The van der Waals surface area contributed by atoms with Gasteiger partial charge in [-0.05, 0) is 25.3 Å². The summed E-state index contributed by atoms with van der Waals surface area (Å²) >= 11 is 0. The van der Waals surface area contributed by atoms with Gasteiger partial charge in [0.2, 0.25) is 5.91 Å². The highest BCUT2D eigenvalue weighted by Gasteiger charge is 2.46. The van der Waals surface area contributed by atoms with Crippen molar-refractivity contribution in [3.63, 3.8) is 0 Å². The fraction of sp³-hybridized carbons (Fsp3) is 0.471. The first-order valence-corrected chi connectivity index (χ1v) is 7.71. The number of hydrogen-bond donors (Lipinski definition) is 0. The Hall–Kier alpha value is -2.17. The maximum absolute atomic E-state index is 12.6. The molecule has 2 aliphatic rings. The average molecular weight is 301 g/mol. The van der Waals surface area contributed by atoms with E-state index in [1.54, 1.807) is 6.92 Å². The van der Waals surface area contributed by atoms with Crippen LogP contribution >= 0.6 is 0 Å². The SMILES string of the molecule is C[C@@H]1[C@H](c2ccccc2)OC(=O)N1C(=O)C1CCCCC1=O. The molecule has 1 saturated carbocycles. The summed E-state index contributed by atoms with van der Waals surface area (Å²) in [6.07, 6.45) is 1.51. The number of rotatable bonds is 2. The smallest absolute Gasteiger partial charge is 0.417 e. The lowest BCUT2D eigenvalue weighted by Crippen LogP contribution is -2.44. The van der Waals surface area contributed by atoms with Gasteiger partial charge < -0.3 is 4.74 Å². The van der Waals surface area contributed by atoms with E-state index in [-0.39, 0.29) is 5.78 Å². The van der Waals surface area contributed by atoms with E-state index in [4.69, 9.17) is 4.74 Å². The maximum atomic E-state index is 12.6. The number of cyclic esters (lactones) is 1. The molecule has 3 rings (SSSR count). The molecule has 22 heavy (non-hydrogen) atoms. The number of imide groups is 1. The van der Waals surface area contributed by atoms with Crippen LogP contribution in [0.3, 0.4) is 0 Å². The van der Waals surface area contributed by atoms with Crippen LogP contribution in [0.25, 0.3) is 0 Å². The molecule has 0 aromatic heterocycles. The van der Waals surface area contributed by atoms with Crippen molar-refractivity contribution in [3.05, 3.63) is 35.9 Å². The third-order valence-corrected chi connectivity index (χ3v) is 4.49. The zero-order valence-corrected chi connectivity index (χ0v) is 12.5. The number of nitrogens with zero attached hydrogens (tertiary/aromatic N) is 1. The van der Waals surface area contributed by atoms with Gasteiger partial charge in [-0.25, -0.2) is 9.69 Å². The number of hydrogen-bond acceptors (Lipinski definition) is 4. The molecule has 5 nitrogen and oxygen atoms in total. The molecule has 1 aromatic rings. The van der Waals surface area contributed by atoms with Gasteiger partial charge in [0.05, 0.1) is 12.0 Å². The number of ketones is 1. The molecular formula is C17H19NO4. The van der Waals surface area contributed by atoms with E-state index < -0.39 is 30.1 Å². The predicted octanol–water partition coefficient (Wildman–Crippen LogP) is 2.85. The van der Waals surface area contributed by atoms with Gasteiger partial charge in [-0.2, -0.15) is 0 Å². The van der Waals surface area contributed by atoms with Crippen molar-refractivity contribution in [2.24, 2.45) is 5.92 Å². The number of ether oxygens (including phenoxy) is 1. The zero-order chi connectivity index (χ0) is 15.7. The predicted molar refractivity (Wildman–Crippen MR) is 78.9 cm³/mol. The molecule has 1 unspecified atom stereocenters. The van der Waals surface area contributed by atoms with Gasteiger partial charge in [0.1, 0.15) is 11.9 Å². The summed E-state index contributed by atoms with van der Waals surface area (Å²) in [6.45, 7) is 1.79. The Kier molecular flexibility index (Phi) is 3.96. The summed E-state index contributed by atoms with van der Waals surface area (Å²) in [6, 6.07) is 8.95. The van der Waals surface area contributed by atoms with E-state index in [2.05, 4.69) is 0 Å². The van der Waals surface area contributed by atoms with Gasteiger partial charge in [0.15, 0.2) is 0 Å². The van der Waals surface area contributed by atoms with E-state index in [0.717, 1.165) is 23.3 Å². The van der Waals surface area contributed by atoms with E-state index in [1.807, 2.05) is 30.3 Å². The van der Waals surface area contributed by atoms with Crippen LogP contribution in [0, 0.1) is 5.92 Å². The third-order valence-electron chi connectivity index (χ3n) is 4.49. The fourth-order valence-corrected chi connectivity index (χ4v) is 3.26. The van der Waals surface area contributed by atoms with Crippen LogP contribution in [0.4, 0.5) is 4.79 Å². The first-order valence-electron chi connectivity index (χ1n) is 7.71. The molecule has 2 amide bonds. The van der Waals surface area contributed by atoms with Crippen molar-refractivity contribution in [3.8, 4) is 0 Å². The highest BCUT2D eigenvalue weighted by atomic mass is 16.6. The highest BCUT2D eigenvalue weighted by Crippen LogP contribution is 2.34. The Bertz CT molecular complexity index is 598. The van der Waals surface area contributed by atoms with Gasteiger partial charge in [0, 0.05) is 6.42 Å². The van der Waals surface area contributed by atoms with E-state index in [9.17, 15) is 14.4 Å². The number of benzene rings is 1. The van der Waals surface area contributed by atoms with Crippen LogP contribution in [0.5, 0.6) is 0 Å². The first kappa shape index (κ1) is 14.8. The molecule has 3 atom stereocenters. The summed E-state index contributed by atoms with van der Waals surface area (Å²) in [4.78, 5) is 37.8. The summed E-state index contributed by atoms with van der Waals surface area (Å²) < 4.78 is 5.37. The number of amides is 2. The molecule has 5 heteroatoms. The zero-order valence-electron chi connectivity index (χ0n) is 12.5. The van der Waals surface area contributed by atoms with Crippen LogP contribution in [-0.4, -0.2) is 28.7 Å². The van der Waals surface area contributed by atoms with E-state index in [0.29, 0.717) is 12.8 Å². The maximum Gasteiger partial charge on any atom is 0.417 e. The summed E-state index contributed by atoms with van der Waals surface area (Å²) in [5.74, 6) is -1.14. The Balaban J connectivity index is 1.81.